The maximum Gasteiger partial charge on any atom is 0.234 e. The highest BCUT2D eigenvalue weighted by Gasteiger charge is 2.23. The summed E-state index contributed by atoms with van der Waals surface area (Å²) in [5.41, 5.74) is 3.01. The third kappa shape index (κ3) is 6.10. The van der Waals surface area contributed by atoms with Crippen LogP contribution in [0.5, 0.6) is 5.75 Å². The van der Waals surface area contributed by atoms with Gasteiger partial charge in [-0.3, -0.25) is 9.69 Å². The number of rotatable bonds is 9. The van der Waals surface area contributed by atoms with Crippen molar-refractivity contribution in [2.75, 3.05) is 19.6 Å². The number of hydrogen-bond acceptors (Lipinski definition) is 4. The Morgan fingerprint density at radius 3 is 2.47 bits per heavy atom. The van der Waals surface area contributed by atoms with Crippen molar-refractivity contribution in [1.82, 2.24) is 19.8 Å². The van der Waals surface area contributed by atoms with E-state index in [1.807, 2.05) is 42.5 Å². The van der Waals surface area contributed by atoms with Crippen LogP contribution < -0.4 is 10.1 Å². The lowest BCUT2D eigenvalue weighted by atomic mass is 9.96. The Labute approximate surface area is 210 Å². The molecule has 2 heterocycles. The van der Waals surface area contributed by atoms with Gasteiger partial charge in [0, 0.05) is 13.1 Å². The number of imidazole rings is 1. The number of amides is 1. The van der Waals surface area contributed by atoms with Gasteiger partial charge in [0.2, 0.25) is 5.91 Å². The first-order chi connectivity index (χ1) is 17.6. The molecule has 7 heteroatoms. The van der Waals surface area contributed by atoms with Crippen molar-refractivity contribution < 1.29 is 13.9 Å². The summed E-state index contributed by atoms with van der Waals surface area (Å²) in [4.78, 5) is 19.5. The maximum atomic E-state index is 13.0. The van der Waals surface area contributed by atoms with Crippen LogP contribution in [0.15, 0.2) is 78.9 Å². The quantitative estimate of drug-likeness (QED) is 0.370. The number of nitrogens with zero attached hydrogens (tertiary/aromatic N) is 3. The van der Waals surface area contributed by atoms with E-state index in [9.17, 15) is 9.18 Å². The van der Waals surface area contributed by atoms with Gasteiger partial charge in [-0.1, -0.05) is 42.5 Å². The third-order valence-corrected chi connectivity index (χ3v) is 6.76. The maximum absolute atomic E-state index is 13.0. The zero-order valence-electron chi connectivity index (χ0n) is 20.3. The number of carbonyl (C=O) groups is 1. The number of halogens is 1. The van der Waals surface area contributed by atoms with E-state index in [2.05, 4.69) is 26.9 Å². The lowest BCUT2D eigenvalue weighted by Crippen LogP contribution is -2.42. The highest BCUT2D eigenvalue weighted by molar-refractivity contribution is 5.78. The predicted molar refractivity (Wildman–Crippen MR) is 138 cm³/mol. The Balaban J connectivity index is 1.15. The molecule has 0 bridgehead atoms. The lowest BCUT2D eigenvalue weighted by molar-refractivity contribution is -0.122. The van der Waals surface area contributed by atoms with E-state index in [1.54, 1.807) is 12.1 Å². The average molecular weight is 487 g/mol. The molecule has 0 radical (unpaired) electrons. The van der Waals surface area contributed by atoms with Crippen molar-refractivity contribution in [3.05, 3.63) is 96.1 Å². The SMILES string of the molecule is O=C(CN1CCC(Cn2c(COc3ccccc3)nc3ccccc32)CC1)NCc1ccc(F)cc1. The minimum absolute atomic E-state index is 0.00118. The van der Waals surface area contributed by atoms with E-state index in [0.29, 0.717) is 25.6 Å². The normalized spacial score (nSPS) is 14.7. The Morgan fingerprint density at radius 2 is 1.69 bits per heavy atom. The second kappa shape index (κ2) is 11.4. The smallest absolute Gasteiger partial charge is 0.234 e. The summed E-state index contributed by atoms with van der Waals surface area (Å²) in [6.07, 6.45) is 2.05. The van der Waals surface area contributed by atoms with Gasteiger partial charge in [-0.2, -0.15) is 0 Å². The summed E-state index contributed by atoms with van der Waals surface area (Å²) < 4.78 is 21.4. The molecule has 1 amide bonds. The number of aromatic nitrogens is 2. The predicted octanol–water partition coefficient (Wildman–Crippen LogP) is 4.78. The number of fused-ring (bicyclic) bond motifs is 1. The Hall–Kier alpha value is -3.71. The molecule has 1 saturated heterocycles. The molecule has 0 aliphatic carbocycles. The largest absolute Gasteiger partial charge is 0.486 e. The Kier molecular flexibility index (Phi) is 7.57. The summed E-state index contributed by atoms with van der Waals surface area (Å²) in [6.45, 7) is 3.88. The van der Waals surface area contributed by atoms with E-state index in [4.69, 9.17) is 9.72 Å². The van der Waals surface area contributed by atoms with Crippen molar-refractivity contribution in [2.45, 2.75) is 32.5 Å². The zero-order valence-corrected chi connectivity index (χ0v) is 20.3. The molecule has 6 nitrogen and oxygen atoms in total. The van der Waals surface area contributed by atoms with E-state index >= 15 is 0 Å². The van der Waals surface area contributed by atoms with Gasteiger partial charge in [-0.15, -0.1) is 0 Å². The van der Waals surface area contributed by atoms with Gasteiger partial charge >= 0.3 is 0 Å². The molecule has 1 aromatic heterocycles. The molecule has 1 N–H and O–H groups in total. The van der Waals surface area contributed by atoms with E-state index in [0.717, 1.165) is 60.6 Å². The topological polar surface area (TPSA) is 59.4 Å². The molecule has 4 aromatic rings. The van der Waals surface area contributed by atoms with Crippen LogP contribution in [0.1, 0.15) is 24.2 Å². The number of piperidine rings is 1. The number of carbonyl (C=O) groups excluding carboxylic acids is 1. The number of ether oxygens (including phenoxy) is 1. The van der Waals surface area contributed by atoms with Crippen molar-refractivity contribution in [2.24, 2.45) is 5.92 Å². The highest BCUT2D eigenvalue weighted by atomic mass is 19.1. The Morgan fingerprint density at radius 1 is 0.972 bits per heavy atom. The molecule has 1 aliphatic rings. The van der Waals surface area contributed by atoms with E-state index in [-0.39, 0.29) is 11.7 Å². The van der Waals surface area contributed by atoms with Crippen LogP contribution in [0.25, 0.3) is 11.0 Å². The average Bonchev–Trinajstić information content (AvgIpc) is 3.26. The highest BCUT2D eigenvalue weighted by Crippen LogP contribution is 2.24. The first-order valence-electron chi connectivity index (χ1n) is 12.5. The van der Waals surface area contributed by atoms with Crippen molar-refractivity contribution in [3.63, 3.8) is 0 Å². The zero-order chi connectivity index (χ0) is 24.7. The summed E-state index contributed by atoms with van der Waals surface area (Å²) >= 11 is 0. The number of nitrogens with one attached hydrogen (secondary N) is 1. The molecule has 5 rings (SSSR count). The fourth-order valence-corrected chi connectivity index (χ4v) is 4.75. The van der Waals surface area contributed by atoms with Crippen LogP contribution in [0.4, 0.5) is 4.39 Å². The molecule has 36 heavy (non-hydrogen) atoms. The van der Waals surface area contributed by atoms with Crippen LogP contribution in [0.2, 0.25) is 0 Å². The fraction of sp³-hybridized carbons (Fsp3) is 0.310. The van der Waals surface area contributed by atoms with Gasteiger partial charge in [0.25, 0.3) is 0 Å². The molecular formula is C29H31FN4O2. The van der Waals surface area contributed by atoms with Gasteiger partial charge in [-0.25, -0.2) is 9.37 Å². The van der Waals surface area contributed by atoms with Crippen LogP contribution in [-0.2, 0) is 24.5 Å². The van der Waals surface area contributed by atoms with E-state index in [1.165, 1.54) is 12.1 Å². The van der Waals surface area contributed by atoms with Gasteiger partial charge in [-0.05, 0) is 73.8 Å². The first kappa shape index (κ1) is 24.0. The summed E-state index contributed by atoms with van der Waals surface area (Å²) in [7, 11) is 0. The number of para-hydroxylation sites is 3. The standard InChI is InChI=1S/C29H31FN4O2/c30-24-12-10-22(11-13-24)18-31-29(35)20-33-16-14-23(15-17-33)19-34-27-9-5-4-8-26(27)32-28(34)21-36-25-6-2-1-3-7-25/h1-13,23H,14-21H2,(H,31,35). The number of benzene rings is 3. The molecule has 3 aromatic carbocycles. The molecule has 0 atom stereocenters. The molecular weight excluding hydrogens is 455 g/mol. The van der Waals surface area contributed by atoms with Crippen molar-refractivity contribution in [3.8, 4) is 5.75 Å². The summed E-state index contributed by atoms with van der Waals surface area (Å²) in [5, 5.41) is 2.94. The third-order valence-electron chi connectivity index (χ3n) is 6.76. The van der Waals surface area contributed by atoms with E-state index < -0.39 is 0 Å². The second-order valence-corrected chi connectivity index (χ2v) is 9.35. The molecule has 0 spiro atoms. The van der Waals surface area contributed by atoms with Crippen LogP contribution in [0.3, 0.4) is 0 Å². The minimum atomic E-state index is -0.271. The molecule has 1 aliphatic heterocycles. The second-order valence-electron chi connectivity index (χ2n) is 9.35. The van der Waals surface area contributed by atoms with Gasteiger partial charge in [0.15, 0.2) is 0 Å². The molecule has 1 fully saturated rings. The van der Waals surface area contributed by atoms with Crippen LogP contribution in [-0.4, -0.2) is 40.0 Å². The minimum Gasteiger partial charge on any atom is -0.486 e. The van der Waals surface area contributed by atoms with Crippen molar-refractivity contribution >= 4 is 16.9 Å². The molecule has 0 unspecified atom stereocenters. The Bertz CT molecular complexity index is 1280. The number of likely N-dealkylation sites (tertiary alicyclic amines) is 1. The van der Waals surface area contributed by atoms with Gasteiger partial charge in [0.05, 0.1) is 17.6 Å². The molecule has 186 valence electrons. The van der Waals surface area contributed by atoms with Gasteiger partial charge < -0.3 is 14.6 Å². The summed E-state index contributed by atoms with van der Waals surface area (Å²) in [6, 6.07) is 24.3. The summed E-state index contributed by atoms with van der Waals surface area (Å²) in [5.74, 6) is 2.01. The van der Waals surface area contributed by atoms with Crippen LogP contribution >= 0.6 is 0 Å². The number of hydrogen-bond donors (Lipinski definition) is 1. The van der Waals surface area contributed by atoms with Crippen LogP contribution in [0, 0.1) is 11.7 Å². The fourth-order valence-electron chi connectivity index (χ4n) is 4.75. The lowest BCUT2D eigenvalue weighted by Gasteiger charge is -2.32. The first-order valence-corrected chi connectivity index (χ1v) is 12.5. The van der Waals surface area contributed by atoms with Gasteiger partial charge in [0.1, 0.15) is 24.0 Å². The van der Waals surface area contributed by atoms with Crippen molar-refractivity contribution in [1.29, 1.82) is 0 Å². The monoisotopic (exact) mass is 486 g/mol. The molecule has 0 saturated carbocycles.